The van der Waals surface area contributed by atoms with Crippen LogP contribution in [0.4, 0.5) is 5.82 Å². The molecule has 0 bridgehead atoms. The van der Waals surface area contributed by atoms with Gasteiger partial charge in [0.15, 0.2) is 5.82 Å². The highest BCUT2D eigenvalue weighted by Gasteiger charge is 2.11. The highest BCUT2D eigenvalue weighted by Crippen LogP contribution is 2.20. The fraction of sp³-hybridized carbons (Fsp3) is 0. The number of hydrogen-bond donors (Lipinski definition) is 2. The number of aromatic nitrogens is 2. The molecule has 3 rings (SSSR count). The van der Waals surface area contributed by atoms with E-state index in [2.05, 4.69) is 14.9 Å². The predicted molar refractivity (Wildman–Crippen MR) is 84.1 cm³/mol. The lowest BCUT2D eigenvalue weighted by molar-refractivity contribution is 0.609. The molecule has 1 heterocycles. The van der Waals surface area contributed by atoms with E-state index in [1.54, 1.807) is 6.07 Å². The van der Waals surface area contributed by atoms with Gasteiger partial charge in [-0.1, -0.05) is 42.5 Å². The highest BCUT2D eigenvalue weighted by atomic mass is 32.2. The number of para-hydroxylation sites is 1. The molecule has 6 heteroatoms. The normalized spacial score (nSPS) is 12.0. The molecule has 1 aromatic heterocycles. The van der Waals surface area contributed by atoms with Crippen LogP contribution in [-0.2, 0) is 10.0 Å². The van der Waals surface area contributed by atoms with E-state index in [0.717, 1.165) is 21.9 Å². The molecule has 0 aliphatic carbocycles. The first-order valence-corrected chi connectivity index (χ1v) is 7.88. The van der Waals surface area contributed by atoms with E-state index in [0.29, 0.717) is 5.82 Å². The minimum atomic E-state index is -3.61. The van der Waals surface area contributed by atoms with Crippen molar-refractivity contribution in [1.29, 1.82) is 0 Å². The van der Waals surface area contributed by atoms with Gasteiger partial charge in [0.25, 0.3) is 10.0 Å². The molecule has 0 fully saturated rings. The van der Waals surface area contributed by atoms with Crippen molar-refractivity contribution in [2.75, 3.05) is 4.72 Å². The summed E-state index contributed by atoms with van der Waals surface area (Å²) in [4.78, 5) is 0. The molecule has 0 saturated carbocycles. The molecule has 0 radical (unpaired) electrons. The standard InChI is InChI=1S/C15H13N3O2S/c19-21(20,11-10-12-6-2-1-3-7-12)18-15-13-8-4-5-9-14(13)16-17-15/h1-11H,(H2,16,17,18). The second-order valence-corrected chi connectivity index (χ2v) is 6.04. The molecule has 0 unspecified atom stereocenters. The summed E-state index contributed by atoms with van der Waals surface area (Å²) in [6.07, 6.45) is 1.54. The molecule has 21 heavy (non-hydrogen) atoms. The lowest BCUT2D eigenvalue weighted by Crippen LogP contribution is -2.09. The highest BCUT2D eigenvalue weighted by molar-refractivity contribution is 7.95. The van der Waals surface area contributed by atoms with E-state index in [4.69, 9.17) is 0 Å². The summed E-state index contributed by atoms with van der Waals surface area (Å²) in [5.41, 5.74) is 1.59. The fourth-order valence-corrected chi connectivity index (χ4v) is 2.77. The van der Waals surface area contributed by atoms with Crippen LogP contribution in [0.1, 0.15) is 5.56 Å². The van der Waals surface area contributed by atoms with Crippen LogP contribution in [0.15, 0.2) is 60.0 Å². The maximum Gasteiger partial charge on any atom is 0.256 e. The molecule has 5 nitrogen and oxygen atoms in total. The van der Waals surface area contributed by atoms with Gasteiger partial charge in [-0.15, -0.1) is 0 Å². The molecule has 0 amide bonds. The van der Waals surface area contributed by atoms with Crippen LogP contribution in [0.5, 0.6) is 0 Å². The zero-order chi connectivity index (χ0) is 14.7. The van der Waals surface area contributed by atoms with Gasteiger partial charge >= 0.3 is 0 Å². The summed E-state index contributed by atoms with van der Waals surface area (Å²) in [7, 11) is -3.61. The Kier molecular flexibility index (Phi) is 3.45. The van der Waals surface area contributed by atoms with E-state index in [-0.39, 0.29) is 0 Å². The van der Waals surface area contributed by atoms with E-state index >= 15 is 0 Å². The first-order valence-electron chi connectivity index (χ1n) is 6.33. The Bertz CT molecular complexity index is 883. The van der Waals surface area contributed by atoms with Crippen molar-refractivity contribution < 1.29 is 8.42 Å². The number of fused-ring (bicyclic) bond motifs is 1. The summed E-state index contributed by atoms with van der Waals surface area (Å²) < 4.78 is 26.6. The second kappa shape index (κ2) is 5.41. The van der Waals surface area contributed by atoms with Crippen molar-refractivity contribution in [2.45, 2.75) is 0 Å². The van der Waals surface area contributed by atoms with Crippen molar-refractivity contribution in [2.24, 2.45) is 0 Å². The van der Waals surface area contributed by atoms with Gasteiger partial charge in [-0.05, 0) is 23.8 Å². The Balaban J connectivity index is 1.85. The topological polar surface area (TPSA) is 74.8 Å². The van der Waals surface area contributed by atoms with Gasteiger partial charge in [-0.3, -0.25) is 9.82 Å². The Labute approximate surface area is 122 Å². The first-order chi connectivity index (χ1) is 10.1. The van der Waals surface area contributed by atoms with E-state index < -0.39 is 10.0 Å². The van der Waals surface area contributed by atoms with Gasteiger partial charge in [0.05, 0.1) is 10.9 Å². The van der Waals surface area contributed by atoms with Crippen molar-refractivity contribution in [3.8, 4) is 0 Å². The summed E-state index contributed by atoms with van der Waals surface area (Å²) in [5.74, 6) is 0.295. The van der Waals surface area contributed by atoms with Gasteiger partial charge in [0.1, 0.15) is 0 Å². The zero-order valence-electron chi connectivity index (χ0n) is 11.0. The second-order valence-electron chi connectivity index (χ2n) is 4.48. The Hall–Kier alpha value is -2.60. The number of benzene rings is 2. The molecule has 2 aromatic carbocycles. The molecule has 0 saturated heterocycles. The third kappa shape index (κ3) is 3.11. The largest absolute Gasteiger partial charge is 0.276 e. The Morgan fingerprint density at radius 1 is 1.00 bits per heavy atom. The van der Waals surface area contributed by atoms with Crippen LogP contribution >= 0.6 is 0 Å². The first kappa shape index (κ1) is 13.4. The van der Waals surface area contributed by atoms with Crippen LogP contribution in [0, 0.1) is 0 Å². The maximum absolute atomic E-state index is 12.1. The van der Waals surface area contributed by atoms with Crippen LogP contribution in [-0.4, -0.2) is 18.6 Å². The van der Waals surface area contributed by atoms with Crippen LogP contribution in [0.2, 0.25) is 0 Å². The van der Waals surface area contributed by atoms with Gasteiger partial charge < -0.3 is 0 Å². The van der Waals surface area contributed by atoms with Crippen molar-refractivity contribution in [1.82, 2.24) is 10.2 Å². The Morgan fingerprint density at radius 2 is 1.71 bits per heavy atom. The van der Waals surface area contributed by atoms with E-state index in [1.165, 1.54) is 6.08 Å². The smallest absolute Gasteiger partial charge is 0.256 e. The number of sulfonamides is 1. The predicted octanol–water partition coefficient (Wildman–Crippen LogP) is 2.98. The van der Waals surface area contributed by atoms with Gasteiger partial charge in [-0.2, -0.15) is 5.10 Å². The lowest BCUT2D eigenvalue weighted by atomic mass is 10.2. The number of nitrogens with one attached hydrogen (secondary N) is 2. The molecule has 0 atom stereocenters. The third-order valence-corrected chi connectivity index (χ3v) is 3.92. The lowest BCUT2D eigenvalue weighted by Gasteiger charge is -2.01. The minimum absolute atomic E-state index is 0.295. The maximum atomic E-state index is 12.1. The molecule has 0 aliphatic rings. The average Bonchev–Trinajstić information content (AvgIpc) is 2.89. The molecule has 3 aromatic rings. The van der Waals surface area contributed by atoms with Crippen LogP contribution < -0.4 is 4.72 Å². The number of aromatic amines is 1. The Morgan fingerprint density at radius 3 is 2.52 bits per heavy atom. The zero-order valence-corrected chi connectivity index (χ0v) is 11.8. The summed E-state index contributed by atoms with van der Waals surface area (Å²) in [5, 5.41) is 8.63. The molecule has 2 N–H and O–H groups in total. The minimum Gasteiger partial charge on any atom is -0.276 e. The number of hydrogen-bond acceptors (Lipinski definition) is 3. The molecular weight excluding hydrogens is 286 g/mol. The number of nitrogens with zero attached hydrogens (tertiary/aromatic N) is 1. The van der Waals surface area contributed by atoms with Crippen molar-refractivity contribution in [3.05, 3.63) is 65.6 Å². The van der Waals surface area contributed by atoms with Gasteiger partial charge in [-0.25, -0.2) is 8.42 Å². The SMILES string of the molecule is O=S(=O)(C=Cc1ccccc1)Nc1n[nH]c2ccccc12. The summed E-state index contributed by atoms with van der Waals surface area (Å²) >= 11 is 0. The molecular formula is C15H13N3O2S. The van der Waals surface area contributed by atoms with E-state index in [1.807, 2.05) is 48.5 Å². The molecule has 106 valence electrons. The van der Waals surface area contributed by atoms with Crippen LogP contribution in [0.25, 0.3) is 17.0 Å². The molecule has 0 spiro atoms. The number of anilines is 1. The summed E-state index contributed by atoms with van der Waals surface area (Å²) in [6.45, 7) is 0. The van der Waals surface area contributed by atoms with Crippen LogP contribution in [0.3, 0.4) is 0 Å². The summed E-state index contributed by atoms with van der Waals surface area (Å²) in [6, 6.07) is 16.6. The van der Waals surface area contributed by atoms with Crippen molar-refractivity contribution in [3.63, 3.8) is 0 Å². The van der Waals surface area contributed by atoms with Crippen molar-refractivity contribution >= 4 is 32.8 Å². The third-order valence-electron chi connectivity index (χ3n) is 2.95. The monoisotopic (exact) mass is 299 g/mol. The quantitative estimate of drug-likeness (QED) is 0.777. The number of H-pyrrole nitrogens is 1. The fourth-order valence-electron chi connectivity index (χ4n) is 1.94. The molecule has 0 aliphatic heterocycles. The van der Waals surface area contributed by atoms with E-state index in [9.17, 15) is 8.42 Å². The van der Waals surface area contributed by atoms with Gasteiger partial charge in [0.2, 0.25) is 0 Å². The van der Waals surface area contributed by atoms with Gasteiger partial charge in [0, 0.05) is 5.39 Å². The number of rotatable bonds is 4. The average molecular weight is 299 g/mol.